The Morgan fingerprint density at radius 3 is 2.48 bits per heavy atom. The summed E-state index contributed by atoms with van der Waals surface area (Å²) in [5.41, 5.74) is -0.335. The van der Waals surface area contributed by atoms with E-state index in [1.165, 1.54) is 0 Å². The zero-order valence-corrected chi connectivity index (χ0v) is 14.9. The summed E-state index contributed by atoms with van der Waals surface area (Å²) in [6.07, 6.45) is 0.530. The maximum absolute atomic E-state index is 12.5. The van der Waals surface area contributed by atoms with Crippen LogP contribution in [0.2, 0.25) is 0 Å². The van der Waals surface area contributed by atoms with Crippen LogP contribution in [0.5, 0.6) is 0 Å². The number of amides is 4. The third-order valence-electron chi connectivity index (χ3n) is 3.59. The highest BCUT2D eigenvalue weighted by atomic mass is 79.9. The number of rotatable bonds is 5. The molecule has 0 aliphatic carbocycles. The van der Waals surface area contributed by atoms with Gasteiger partial charge in [-0.05, 0) is 43.5 Å². The molecule has 1 atom stereocenters. The van der Waals surface area contributed by atoms with Crippen molar-refractivity contribution in [2.45, 2.75) is 32.7 Å². The third-order valence-corrected chi connectivity index (χ3v) is 4.12. The van der Waals surface area contributed by atoms with E-state index in [9.17, 15) is 14.4 Å². The summed E-state index contributed by atoms with van der Waals surface area (Å²) in [6, 6.07) is 6.53. The number of anilines is 1. The molecule has 7 heteroatoms. The smallest absolute Gasteiger partial charge is 0.325 e. The summed E-state index contributed by atoms with van der Waals surface area (Å²) in [6.45, 7) is 5.36. The number of imide groups is 1. The van der Waals surface area contributed by atoms with Gasteiger partial charge in [-0.15, -0.1) is 0 Å². The molecule has 23 heavy (non-hydrogen) atoms. The minimum absolute atomic E-state index is 0.251. The lowest BCUT2D eigenvalue weighted by Crippen LogP contribution is -2.45. The van der Waals surface area contributed by atoms with Gasteiger partial charge in [-0.2, -0.15) is 0 Å². The van der Waals surface area contributed by atoms with Crippen molar-refractivity contribution in [3.05, 3.63) is 28.7 Å². The molecule has 2 N–H and O–H groups in total. The van der Waals surface area contributed by atoms with Crippen LogP contribution in [0, 0.1) is 5.92 Å². The molecule has 124 valence electrons. The van der Waals surface area contributed by atoms with E-state index >= 15 is 0 Å². The minimum atomic E-state index is -0.941. The lowest BCUT2D eigenvalue weighted by Gasteiger charge is -2.23. The number of nitrogens with one attached hydrogen (secondary N) is 2. The molecule has 2 rings (SSSR count). The predicted octanol–water partition coefficient (Wildman–Crippen LogP) is 2.74. The van der Waals surface area contributed by atoms with Crippen LogP contribution in [0.25, 0.3) is 0 Å². The Labute approximate surface area is 143 Å². The SMILES string of the molecule is CC(C)C[C@]1(C)NC(=O)N(CC(=O)Nc2ccc(Br)cc2)C1=O. The van der Waals surface area contributed by atoms with E-state index in [4.69, 9.17) is 0 Å². The molecular weight excluding hydrogens is 362 g/mol. The zero-order valence-electron chi connectivity index (χ0n) is 13.4. The van der Waals surface area contributed by atoms with E-state index in [2.05, 4.69) is 26.6 Å². The molecule has 0 saturated carbocycles. The average Bonchev–Trinajstić information content (AvgIpc) is 2.64. The van der Waals surface area contributed by atoms with E-state index in [0.717, 1.165) is 9.37 Å². The number of nitrogens with zero attached hydrogens (tertiary/aromatic N) is 1. The monoisotopic (exact) mass is 381 g/mol. The van der Waals surface area contributed by atoms with E-state index in [-0.39, 0.29) is 18.4 Å². The Bertz CT molecular complexity index is 630. The molecule has 0 radical (unpaired) electrons. The first-order valence-electron chi connectivity index (χ1n) is 7.41. The predicted molar refractivity (Wildman–Crippen MR) is 90.9 cm³/mol. The Kier molecular flexibility index (Phi) is 5.09. The first kappa shape index (κ1) is 17.5. The van der Waals surface area contributed by atoms with Crippen molar-refractivity contribution in [3.63, 3.8) is 0 Å². The van der Waals surface area contributed by atoms with E-state index < -0.39 is 17.5 Å². The maximum Gasteiger partial charge on any atom is 0.325 e. The van der Waals surface area contributed by atoms with Gasteiger partial charge < -0.3 is 10.6 Å². The molecule has 6 nitrogen and oxygen atoms in total. The highest BCUT2D eigenvalue weighted by Crippen LogP contribution is 2.25. The largest absolute Gasteiger partial charge is 0.325 e. The lowest BCUT2D eigenvalue weighted by molar-refractivity contribution is -0.133. The Morgan fingerprint density at radius 2 is 1.91 bits per heavy atom. The van der Waals surface area contributed by atoms with Crippen LogP contribution in [-0.4, -0.2) is 34.8 Å². The highest BCUT2D eigenvalue weighted by molar-refractivity contribution is 9.10. The number of benzene rings is 1. The van der Waals surface area contributed by atoms with Crippen molar-refractivity contribution in [1.82, 2.24) is 10.2 Å². The lowest BCUT2D eigenvalue weighted by atomic mass is 9.91. The minimum Gasteiger partial charge on any atom is -0.325 e. The molecule has 1 aromatic rings. The zero-order chi connectivity index (χ0) is 17.2. The topological polar surface area (TPSA) is 78.5 Å². The van der Waals surface area contributed by atoms with Crippen LogP contribution >= 0.6 is 15.9 Å². The Balaban J connectivity index is 2.02. The second-order valence-corrected chi connectivity index (χ2v) is 7.22. The van der Waals surface area contributed by atoms with Gasteiger partial charge in [0.15, 0.2) is 0 Å². The fourth-order valence-corrected chi connectivity index (χ4v) is 2.99. The standard InChI is InChI=1S/C16H20BrN3O3/c1-10(2)8-16(3)14(22)20(15(23)19-16)9-13(21)18-12-6-4-11(17)5-7-12/h4-7,10H,8-9H2,1-3H3,(H,18,21)(H,19,23)/t16-/m0/s1. The highest BCUT2D eigenvalue weighted by Gasteiger charge is 2.48. The molecule has 4 amide bonds. The number of hydrogen-bond acceptors (Lipinski definition) is 3. The van der Waals surface area contributed by atoms with Crippen molar-refractivity contribution in [3.8, 4) is 0 Å². The summed E-state index contributed by atoms with van der Waals surface area (Å²) < 4.78 is 0.897. The van der Waals surface area contributed by atoms with Gasteiger partial charge in [0.2, 0.25) is 5.91 Å². The normalized spacial score (nSPS) is 20.8. The van der Waals surface area contributed by atoms with Crippen LogP contribution < -0.4 is 10.6 Å². The van der Waals surface area contributed by atoms with Crippen molar-refractivity contribution in [2.24, 2.45) is 5.92 Å². The second kappa shape index (κ2) is 6.70. The molecule has 1 aliphatic rings. The van der Waals surface area contributed by atoms with E-state index in [0.29, 0.717) is 12.1 Å². The van der Waals surface area contributed by atoms with Gasteiger partial charge in [0, 0.05) is 10.2 Å². The maximum atomic E-state index is 12.5. The number of urea groups is 1. The van der Waals surface area contributed by atoms with E-state index in [1.807, 2.05) is 13.8 Å². The summed E-state index contributed by atoms with van der Waals surface area (Å²) in [5, 5.41) is 5.36. The number of carbonyl (C=O) groups excluding carboxylic acids is 3. The molecule has 0 aromatic heterocycles. The van der Waals surface area contributed by atoms with Crippen LogP contribution in [0.15, 0.2) is 28.7 Å². The Morgan fingerprint density at radius 1 is 1.30 bits per heavy atom. The fraction of sp³-hybridized carbons (Fsp3) is 0.438. The number of hydrogen-bond donors (Lipinski definition) is 2. The van der Waals surface area contributed by atoms with Gasteiger partial charge in [-0.1, -0.05) is 29.8 Å². The number of halogens is 1. The van der Waals surface area contributed by atoms with Gasteiger partial charge in [0.1, 0.15) is 12.1 Å². The van der Waals surface area contributed by atoms with Gasteiger partial charge in [0.25, 0.3) is 5.91 Å². The molecule has 0 unspecified atom stereocenters. The Hall–Kier alpha value is -1.89. The van der Waals surface area contributed by atoms with Crippen molar-refractivity contribution >= 4 is 39.5 Å². The summed E-state index contributed by atoms with van der Waals surface area (Å²) in [4.78, 5) is 37.5. The molecule has 1 heterocycles. The molecule has 1 aliphatic heterocycles. The van der Waals surface area contributed by atoms with Crippen molar-refractivity contribution < 1.29 is 14.4 Å². The average molecular weight is 382 g/mol. The molecule has 0 bridgehead atoms. The fourth-order valence-electron chi connectivity index (χ4n) is 2.72. The van der Waals surface area contributed by atoms with Crippen LogP contribution in [0.1, 0.15) is 27.2 Å². The van der Waals surface area contributed by atoms with E-state index in [1.54, 1.807) is 31.2 Å². The van der Waals surface area contributed by atoms with Crippen LogP contribution in [0.4, 0.5) is 10.5 Å². The van der Waals surface area contributed by atoms with Crippen molar-refractivity contribution in [1.29, 1.82) is 0 Å². The molecule has 0 spiro atoms. The summed E-state index contributed by atoms with van der Waals surface area (Å²) in [7, 11) is 0. The first-order chi connectivity index (χ1) is 10.7. The van der Waals surface area contributed by atoms with Gasteiger partial charge >= 0.3 is 6.03 Å². The van der Waals surface area contributed by atoms with Gasteiger partial charge in [0.05, 0.1) is 0 Å². The molecule has 1 aromatic carbocycles. The molecule has 1 saturated heterocycles. The third kappa shape index (κ3) is 4.10. The molecular formula is C16H20BrN3O3. The first-order valence-corrected chi connectivity index (χ1v) is 8.20. The van der Waals surface area contributed by atoms with Crippen LogP contribution in [-0.2, 0) is 9.59 Å². The quantitative estimate of drug-likeness (QED) is 0.769. The number of carbonyl (C=O) groups is 3. The summed E-state index contributed by atoms with van der Waals surface area (Å²) >= 11 is 3.31. The molecule has 1 fully saturated rings. The second-order valence-electron chi connectivity index (χ2n) is 6.31. The van der Waals surface area contributed by atoms with Gasteiger partial charge in [-0.25, -0.2) is 4.79 Å². The van der Waals surface area contributed by atoms with Gasteiger partial charge in [-0.3, -0.25) is 14.5 Å². The van der Waals surface area contributed by atoms with Crippen LogP contribution in [0.3, 0.4) is 0 Å². The van der Waals surface area contributed by atoms with Crippen molar-refractivity contribution in [2.75, 3.05) is 11.9 Å². The summed E-state index contributed by atoms with van der Waals surface area (Å²) in [5.74, 6) is -0.521.